The lowest BCUT2D eigenvalue weighted by molar-refractivity contribution is -0.123. The Morgan fingerprint density at radius 1 is 1.15 bits per heavy atom. The lowest BCUT2D eigenvalue weighted by Gasteiger charge is -2.47. The molecule has 1 aromatic carbocycles. The highest BCUT2D eigenvalue weighted by Crippen LogP contribution is 2.32. The second-order valence-electron chi connectivity index (χ2n) is 9.94. The van der Waals surface area contributed by atoms with Gasteiger partial charge in [-0.3, -0.25) is 14.7 Å². The summed E-state index contributed by atoms with van der Waals surface area (Å²) in [5.41, 5.74) is 8.06. The number of nitrogens with one attached hydrogen (secondary N) is 2. The number of amides is 1. The topological polar surface area (TPSA) is 86.0 Å². The molecule has 1 amide bonds. The average molecular weight is 569 g/mol. The Bertz CT molecular complexity index is 804. The van der Waals surface area contributed by atoms with Gasteiger partial charge in [-0.05, 0) is 63.2 Å². The van der Waals surface area contributed by atoms with Gasteiger partial charge in [0.2, 0.25) is 5.91 Å². The zero-order valence-corrected chi connectivity index (χ0v) is 22.5. The van der Waals surface area contributed by atoms with Crippen LogP contribution in [-0.2, 0) is 17.9 Å². The minimum atomic E-state index is -0.167. The molecule has 3 atom stereocenters. The van der Waals surface area contributed by atoms with E-state index in [0.717, 1.165) is 45.0 Å². The van der Waals surface area contributed by atoms with Crippen LogP contribution < -0.4 is 16.4 Å². The van der Waals surface area contributed by atoms with Gasteiger partial charge in [-0.25, -0.2) is 0 Å². The number of aliphatic imine (C=N–C) groups is 1. The predicted molar refractivity (Wildman–Crippen MR) is 145 cm³/mol. The van der Waals surface area contributed by atoms with Gasteiger partial charge in [0.15, 0.2) is 5.96 Å². The lowest BCUT2D eigenvalue weighted by atomic mass is 9.82. The fourth-order valence-corrected chi connectivity index (χ4v) is 5.83. The third kappa shape index (κ3) is 7.05. The van der Waals surface area contributed by atoms with Gasteiger partial charge >= 0.3 is 0 Å². The number of piperidine rings is 3. The summed E-state index contributed by atoms with van der Waals surface area (Å²) in [6.45, 7) is 3.41. The van der Waals surface area contributed by atoms with E-state index in [1.807, 2.05) is 7.05 Å². The molecule has 8 heteroatoms. The molecular weight excluding hydrogens is 527 g/mol. The van der Waals surface area contributed by atoms with E-state index in [0.29, 0.717) is 18.1 Å². The van der Waals surface area contributed by atoms with Gasteiger partial charge in [-0.15, -0.1) is 24.0 Å². The largest absolute Gasteiger partial charge is 0.369 e. The first-order chi connectivity index (χ1) is 15.5. The van der Waals surface area contributed by atoms with Gasteiger partial charge in [0.1, 0.15) is 0 Å². The number of nitrogens with zero attached hydrogens (tertiary/aromatic N) is 3. The van der Waals surface area contributed by atoms with Crippen LogP contribution >= 0.6 is 24.0 Å². The number of rotatable bonds is 6. The zero-order valence-electron chi connectivity index (χ0n) is 20.1. The van der Waals surface area contributed by atoms with E-state index in [1.165, 1.54) is 43.2 Å². The molecule has 33 heavy (non-hydrogen) atoms. The Morgan fingerprint density at radius 3 is 2.58 bits per heavy atom. The molecule has 3 unspecified atom stereocenters. The van der Waals surface area contributed by atoms with Gasteiger partial charge < -0.3 is 21.3 Å². The molecular formula is C25H41IN6O. The molecule has 0 saturated carbocycles. The quantitative estimate of drug-likeness (QED) is 0.279. The van der Waals surface area contributed by atoms with E-state index in [4.69, 9.17) is 5.73 Å². The average Bonchev–Trinajstić information content (AvgIpc) is 2.77. The van der Waals surface area contributed by atoms with Crippen LogP contribution in [0.25, 0.3) is 0 Å². The number of fused-ring (bicyclic) bond motifs is 2. The smallest absolute Gasteiger partial charge is 0.221 e. The van der Waals surface area contributed by atoms with Crippen LogP contribution in [0.3, 0.4) is 0 Å². The van der Waals surface area contributed by atoms with Crippen molar-refractivity contribution in [2.75, 3.05) is 27.2 Å². The number of primary amides is 1. The summed E-state index contributed by atoms with van der Waals surface area (Å²) < 4.78 is 0. The molecule has 3 saturated heterocycles. The van der Waals surface area contributed by atoms with Crippen molar-refractivity contribution in [2.45, 2.75) is 76.2 Å². The highest BCUT2D eigenvalue weighted by atomic mass is 127. The van der Waals surface area contributed by atoms with E-state index in [2.05, 4.69) is 56.7 Å². The van der Waals surface area contributed by atoms with Crippen LogP contribution in [0, 0.1) is 5.92 Å². The Hall–Kier alpha value is -1.39. The van der Waals surface area contributed by atoms with Crippen molar-refractivity contribution >= 4 is 35.8 Å². The van der Waals surface area contributed by atoms with Gasteiger partial charge in [0, 0.05) is 44.8 Å². The second kappa shape index (κ2) is 12.4. The maximum atomic E-state index is 11.6. The maximum absolute atomic E-state index is 11.6. The van der Waals surface area contributed by atoms with Crippen molar-refractivity contribution in [3.63, 3.8) is 0 Å². The molecule has 0 aliphatic carbocycles. The lowest BCUT2D eigenvalue weighted by Crippen LogP contribution is -2.56. The van der Waals surface area contributed by atoms with Crippen LogP contribution in [0.5, 0.6) is 0 Å². The summed E-state index contributed by atoms with van der Waals surface area (Å²) in [6.07, 6.45) is 8.37. The summed E-state index contributed by atoms with van der Waals surface area (Å²) in [5, 5.41) is 7.19. The van der Waals surface area contributed by atoms with E-state index >= 15 is 0 Å². The van der Waals surface area contributed by atoms with Crippen LogP contribution in [0.15, 0.2) is 29.3 Å². The number of likely N-dealkylation sites (tertiary alicyclic amines) is 1. The second-order valence-corrected chi connectivity index (χ2v) is 9.94. The molecule has 7 nitrogen and oxygen atoms in total. The standard InChI is InChI=1S/C25H40N6O.HI/c1-27-25(29-21-13-22-9-4-10-23(14-21)30(22)2)28-15-18-6-3-7-19(12-18)16-31-11-5-8-20(17-31)24(26)32;/h3,6-7,12,20-23H,4-5,8-11,13-17H2,1-2H3,(H2,26,32)(H2,27,28,29);1H. The molecule has 3 heterocycles. The molecule has 184 valence electrons. The minimum Gasteiger partial charge on any atom is -0.369 e. The molecule has 3 aliphatic heterocycles. The van der Waals surface area contributed by atoms with Gasteiger partial charge in [-0.2, -0.15) is 0 Å². The third-order valence-corrected chi connectivity index (χ3v) is 7.67. The Kier molecular flexibility index (Phi) is 9.81. The molecule has 3 aliphatic rings. The van der Waals surface area contributed by atoms with E-state index in [-0.39, 0.29) is 35.8 Å². The van der Waals surface area contributed by atoms with Crippen molar-refractivity contribution in [1.29, 1.82) is 0 Å². The number of hydrogen-bond acceptors (Lipinski definition) is 4. The normalized spacial score (nSPS) is 28.6. The van der Waals surface area contributed by atoms with Crippen molar-refractivity contribution in [3.8, 4) is 0 Å². The predicted octanol–water partition coefficient (Wildman–Crippen LogP) is 2.68. The first kappa shape index (κ1) is 26.2. The summed E-state index contributed by atoms with van der Waals surface area (Å²) in [4.78, 5) is 21.0. The summed E-state index contributed by atoms with van der Waals surface area (Å²) in [5.74, 6) is 0.713. The highest BCUT2D eigenvalue weighted by Gasteiger charge is 2.36. The third-order valence-electron chi connectivity index (χ3n) is 7.67. The first-order valence-corrected chi connectivity index (χ1v) is 12.3. The van der Waals surface area contributed by atoms with Gasteiger partial charge in [-0.1, -0.05) is 30.7 Å². The van der Waals surface area contributed by atoms with Gasteiger partial charge in [0.25, 0.3) is 0 Å². The fourth-order valence-electron chi connectivity index (χ4n) is 5.83. The molecule has 0 radical (unpaired) electrons. The van der Waals surface area contributed by atoms with Crippen LogP contribution in [0.4, 0.5) is 0 Å². The number of carbonyl (C=O) groups excluding carboxylic acids is 1. The fraction of sp³-hybridized carbons (Fsp3) is 0.680. The first-order valence-electron chi connectivity index (χ1n) is 12.3. The molecule has 2 bridgehead atoms. The number of carbonyl (C=O) groups is 1. The van der Waals surface area contributed by atoms with Crippen molar-refractivity contribution in [3.05, 3.63) is 35.4 Å². The Morgan fingerprint density at radius 2 is 1.88 bits per heavy atom. The summed E-state index contributed by atoms with van der Waals surface area (Å²) >= 11 is 0. The Balaban J connectivity index is 0.00000306. The molecule has 0 spiro atoms. The van der Waals surface area contributed by atoms with Crippen LogP contribution in [0.2, 0.25) is 0 Å². The monoisotopic (exact) mass is 568 g/mol. The highest BCUT2D eigenvalue weighted by molar-refractivity contribution is 14.0. The van der Waals surface area contributed by atoms with Crippen molar-refractivity contribution in [1.82, 2.24) is 20.4 Å². The molecule has 1 aromatic rings. The van der Waals surface area contributed by atoms with E-state index in [9.17, 15) is 4.79 Å². The number of benzene rings is 1. The molecule has 0 aromatic heterocycles. The summed E-state index contributed by atoms with van der Waals surface area (Å²) in [6, 6.07) is 10.6. The van der Waals surface area contributed by atoms with Crippen molar-refractivity contribution in [2.24, 2.45) is 16.6 Å². The zero-order chi connectivity index (χ0) is 22.5. The number of hydrogen-bond donors (Lipinski definition) is 3. The SMILES string of the molecule is CN=C(NCc1cccc(CN2CCCC(C(N)=O)C2)c1)NC1CC2CCCC(C1)N2C.I. The van der Waals surface area contributed by atoms with E-state index < -0.39 is 0 Å². The number of nitrogens with two attached hydrogens (primary N) is 1. The van der Waals surface area contributed by atoms with Crippen molar-refractivity contribution < 1.29 is 4.79 Å². The maximum Gasteiger partial charge on any atom is 0.221 e. The molecule has 4 N–H and O–H groups in total. The molecule has 4 rings (SSSR count). The number of halogens is 1. The minimum absolute atomic E-state index is 0. The Labute approximate surface area is 216 Å². The van der Waals surface area contributed by atoms with Gasteiger partial charge in [0.05, 0.1) is 5.92 Å². The van der Waals surface area contributed by atoms with E-state index in [1.54, 1.807) is 0 Å². The summed E-state index contributed by atoms with van der Waals surface area (Å²) in [7, 11) is 4.15. The number of guanidine groups is 1. The van der Waals surface area contributed by atoms with Crippen LogP contribution in [0.1, 0.15) is 56.1 Å². The van der Waals surface area contributed by atoms with Crippen LogP contribution in [-0.4, -0.2) is 67.0 Å². The molecule has 3 fully saturated rings.